The zero-order valence-electron chi connectivity index (χ0n) is 14.5. The van der Waals surface area contributed by atoms with Gasteiger partial charge in [-0.05, 0) is 51.8 Å². The monoisotopic (exact) mass is 341 g/mol. The van der Waals surface area contributed by atoms with E-state index >= 15 is 0 Å². The Morgan fingerprint density at radius 1 is 1.26 bits per heavy atom. The molecule has 0 aromatic heterocycles. The molecular weight excluding hydrogens is 314 g/mol. The van der Waals surface area contributed by atoms with E-state index in [4.69, 9.17) is 9.47 Å². The highest BCUT2D eigenvalue weighted by Crippen LogP contribution is 2.24. The number of hydrogen-bond acceptors (Lipinski definition) is 4. The predicted octanol–water partition coefficient (Wildman–Crippen LogP) is 3.13. The van der Waals surface area contributed by atoms with Crippen LogP contribution in [0.4, 0.5) is 0 Å². The minimum absolute atomic E-state index is 0.189. The van der Waals surface area contributed by atoms with Crippen LogP contribution in [0, 0.1) is 0 Å². The smallest absolute Gasteiger partial charge is 0.305 e. The Labute approximate surface area is 141 Å². The molecule has 23 heavy (non-hydrogen) atoms. The molecule has 0 spiro atoms. The second-order valence-electron chi connectivity index (χ2n) is 6.17. The van der Waals surface area contributed by atoms with Gasteiger partial charge in [0.25, 0.3) is 0 Å². The number of rotatable bonds is 8. The summed E-state index contributed by atoms with van der Waals surface area (Å²) in [4.78, 5) is 11.6. The van der Waals surface area contributed by atoms with Crippen LogP contribution in [-0.4, -0.2) is 28.6 Å². The van der Waals surface area contributed by atoms with Crippen LogP contribution in [0.3, 0.4) is 0 Å². The van der Waals surface area contributed by atoms with Gasteiger partial charge in [-0.3, -0.25) is 4.79 Å². The molecule has 0 amide bonds. The van der Waals surface area contributed by atoms with Crippen molar-refractivity contribution in [2.24, 2.45) is 0 Å². The normalized spacial score (nSPS) is 14.1. The van der Waals surface area contributed by atoms with E-state index in [0.29, 0.717) is 13.0 Å². The van der Waals surface area contributed by atoms with Crippen molar-refractivity contribution in [2.75, 3.05) is 13.7 Å². The van der Waals surface area contributed by atoms with E-state index in [9.17, 15) is 9.00 Å². The number of nitrogens with one attached hydrogen (secondary N) is 1. The molecule has 1 rings (SSSR count). The number of carbonyl (C=O) groups is 1. The van der Waals surface area contributed by atoms with E-state index in [1.165, 1.54) is 0 Å². The highest BCUT2D eigenvalue weighted by molar-refractivity contribution is 7.84. The van der Waals surface area contributed by atoms with Gasteiger partial charge in [-0.15, -0.1) is 0 Å². The molecule has 0 heterocycles. The summed E-state index contributed by atoms with van der Waals surface area (Å²) in [5.74, 6) is 0.518. The topological polar surface area (TPSA) is 64.6 Å². The number of esters is 1. The van der Waals surface area contributed by atoms with Crippen LogP contribution in [0.1, 0.15) is 52.1 Å². The molecule has 0 unspecified atom stereocenters. The van der Waals surface area contributed by atoms with E-state index in [0.717, 1.165) is 11.3 Å². The molecule has 0 saturated carbocycles. The third-order valence-corrected chi connectivity index (χ3v) is 4.88. The van der Waals surface area contributed by atoms with E-state index in [1.807, 2.05) is 45.0 Å². The Kier molecular flexibility index (Phi) is 7.72. The van der Waals surface area contributed by atoms with Crippen molar-refractivity contribution in [1.29, 1.82) is 0 Å². The van der Waals surface area contributed by atoms with Gasteiger partial charge >= 0.3 is 5.97 Å². The van der Waals surface area contributed by atoms with Crippen molar-refractivity contribution < 1.29 is 18.5 Å². The highest BCUT2D eigenvalue weighted by Gasteiger charge is 2.24. The summed E-state index contributed by atoms with van der Waals surface area (Å²) < 4.78 is 25.3. The summed E-state index contributed by atoms with van der Waals surface area (Å²) in [6.45, 7) is 7.88. The molecule has 6 heteroatoms. The minimum atomic E-state index is -1.23. The molecule has 0 radical (unpaired) electrons. The molecule has 0 aliphatic rings. The third-order valence-electron chi connectivity index (χ3n) is 3.27. The first-order valence-corrected chi connectivity index (χ1v) is 8.90. The maximum Gasteiger partial charge on any atom is 0.305 e. The van der Waals surface area contributed by atoms with Gasteiger partial charge in [0.1, 0.15) is 5.75 Å². The SMILES string of the molecule is CCOC(=O)CC[C@@H](N[S@](=O)C(C)(C)C)c1ccc(OC)cc1. The Morgan fingerprint density at radius 2 is 1.87 bits per heavy atom. The lowest BCUT2D eigenvalue weighted by atomic mass is 10.0. The van der Waals surface area contributed by atoms with Crippen LogP contribution in [0.2, 0.25) is 0 Å². The van der Waals surface area contributed by atoms with Crippen LogP contribution in [0.25, 0.3) is 0 Å². The fraction of sp³-hybridized carbons (Fsp3) is 0.588. The number of methoxy groups -OCH3 is 1. The summed E-state index contributed by atoms with van der Waals surface area (Å²) in [6.07, 6.45) is 0.797. The lowest BCUT2D eigenvalue weighted by molar-refractivity contribution is -0.143. The predicted molar refractivity (Wildman–Crippen MR) is 92.6 cm³/mol. The Balaban J connectivity index is 2.86. The Bertz CT molecular complexity index is 522. The van der Waals surface area contributed by atoms with E-state index in [1.54, 1.807) is 14.0 Å². The number of carbonyl (C=O) groups excluding carboxylic acids is 1. The zero-order chi connectivity index (χ0) is 17.5. The molecule has 0 bridgehead atoms. The van der Waals surface area contributed by atoms with Gasteiger partial charge in [0.05, 0.1) is 29.4 Å². The molecule has 0 aliphatic carbocycles. The highest BCUT2D eigenvalue weighted by atomic mass is 32.2. The van der Waals surface area contributed by atoms with Crippen molar-refractivity contribution in [3.8, 4) is 5.75 Å². The Hall–Kier alpha value is -1.40. The standard InChI is InChI=1S/C17H27NO4S/c1-6-22-16(19)12-11-15(18-23(20)17(2,3)4)13-7-9-14(21-5)10-8-13/h7-10,15,18H,6,11-12H2,1-5H3/t15-,23-/m1/s1. The average molecular weight is 341 g/mol. The van der Waals surface area contributed by atoms with Gasteiger partial charge < -0.3 is 9.47 Å². The molecule has 1 aromatic rings. The molecule has 5 nitrogen and oxygen atoms in total. The molecule has 0 aliphatic heterocycles. The van der Waals surface area contributed by atoms with Gasteiger partial charge in [0.2, 0.25) is 0 Å². The lowest BCUT2D eigenvalue weighted by Crippen LogP contribution is -2.36. The van der Waals surface area contributed by atoms with Crippen LogP contribution in [0.5, 0.6) is 5.75 Å². The first-order chi connectivity index (χ1) is 10.8. The average Bonchev–Trinajstić information content (AvgIpc) is 2.50. The summed E-state index contributed by atoms with van der Waals surface area (Å²) >= 11 is 0. The van der Waals surface area contributed by atoms with Crippen molar-refractivity contribution in [3.05, 3.63) is 29.8 Å². The summed E-state index contributed by atoms with van der Waals surface area (Å²) in [6, 6.07) is 7.36. The summed E-state index contributed by atoms with van der Waals surface area (Å²) in [7, 11) is 0.384. The lowest BCUT2D eigenvalue weighted by Gasteiger charge is -2.24. The van der Waals surface area contributed by atoms with Crippen LogP contribution in [-0.2, 0) is 20.5 Å². The number of ether oxygens (including phenoxy) is 2. The third kappa shape index (κ3) is 6.71. The second-order valence-corrected chi connectivity index (χ2v) is 8.17. The van der Waals surface area contributed by atoms with Crippen molar-refractivity contribution in [1.82, 2.24) is 4.72 Å². The number of hydrogen-bond donors (Lipinski definition) is 1. The summed E-state index contributed by atoms with van der Waals surface area (Å²) in [5.41, 5.74) is 0.965. The molecule has 1 aromatic carbocycles. The Morgan fingerprint density at radius 3 is 2.35 bits per heavy atom. The molecule has 0 fully saturated rings. The van der Waals surface area contributed by atoms with Crippen molar-refractivity contribution >= 4 is 17.0 Å². The van der Waals surface area contributed by atoms with Crippen molar-refractivity contribution in [3.63, 3.8) is 0 Å². The molecular formula is C17H27NO4S. The first kappa shape index (κ1) is 19.6. The summed E-state index contributed by atoms with van der Waals surface area (Å²) in [5, 5.41) is 0. The fourth-order valence-electron chi connectivity index (χ4n) is 1.93. The quantitative estimate of drug-likeness (QED) is 0.738. The van der Waals surface area contributed by atoms with Crippen LogP contribution >= 0.6 is 0 Å². The molecule has 1 N–H and O–H groups in total. The molecule has 0 saturated heterocycles. The molecule has 2 atom stereocenters. The van der Waals surface area contributed by atoms with Crippen LogP contribution in [0.15, 0.2) is 24.3 Å². The zero-order valence-corrected chi connectivity index (χ0v) is 15.4. The second kappa shape index (κ2) is 9.03. The van der Waals surface area contributed by atoms with Crippen LogP contribution < -0.4 is 9.46 Å². The van der Waals surface area contributed by atoms with Gasteiger partial charge in [0.15, 0.2) is 0 Å². The fourth-order valence-corrected chi connectivity index (χ4v) is 2.80. The first-order valence-electron chi connectivity index (χ1n) is 7.75. The molecule has 130 valence electrons. The largest absolute Gasteiger partial charge is 0.497 e. The van der Waals surface area contributed by atoms with Gasteiger partial charge in [-0.1, -0.05) is 12.1 Å². The van der Waals surface area contributed by atoms with E-state index in [2.05, 4.69) is 4.72 Å². The maximum absolute atomic E-state index is 12.4. The minimum Gasteiger partial charge on any atom is -0.497 e. The maximum atomic E-state index is 12.4. The van der Waals surface area contributed by atoms with Crippen molar-refractivity contribution in [2.45, 2.75) is 51.3 Å². The van der Waals surface area contributed by atoms with Gasteiger partial charge in [0, 0.05) is 12.5 Å². The van der Waals surface area contributed by atoms with Gasteiger partial charge in [-0.2, -0.15) is 0 Å². The van der Waals surface area contributed by atoms with Gasteiger partial charge in [-0.25, -0.2) is 8.93 Å². The van der Waals surface area contributed by atoms with E-state index < -0.39 is 11.0 Å². The van der Waals surface area contributed by atoms with E-state index in [-0.39, 0.29) is 23.2 Å². The number of benzene rings is 1.